The van der Waals surface area contributed by atoms with E-state index in [-0.39, 0.29) is 11.6 Å². The Kier molecular flexibility index (Phi) is 7.59. The zero-order valence-electron chi connectivity index (χ0n) is 16.2. The maximum Gasteiger partial charge on any atom is 0.416 e. The zero-order chi connectivity index (χ0) is 22.5. The van der Waals surface area contributed by atoms with E-state index in [0.29, 0.717) is 28.3 Å². The average Bonchev–Trinajstić information content (AvgIpc) is 2.64. The van der Waals surface area contributed by atoms with Gasteiger partial charge in [-0.1, -0.05) is 29.8 Å². The third-order valence-corrected chi connectivity index (χ3v) is 5.42. The van der Waals surface area contributed by atoms with E-state index in [4.69, 9.17) is 16.3 Å². The normalized spacial score (nSPS) is 11.8. The van der Waals surface area contributed by atoms with Crippen LogP contribution in [0.5, 0.6) is 5.75 Å². The first kappa shape index (κ1) is 23.8. The number of alkyl halides is 3. The molecule has 0 saturated carbocycles. The molecule has 1 N–H and O–H groups in total. The Morgan fingerprint density at radius 2 is 1.87 bits per heavy atom. The highest BCUT2D eigenvalue weighted by atomic mass is 35.5. The van der Waals surface area contributed by atoms with Gasteiger partial charge < -0.3 is 10.1 Å². The lowest BCUT2D eigenvalue weighted by molar-refractivity contribution is -0.137. The number of carbonyl (C=O) groups excluding carboxylic acids is 1. The van der Waals surface area contributed by atoms with E-state index in [1.54, 1.807) is 31.2 Å². The zero-order valence-corrected chi connectivity index (χ0v) is 17.7. The topological polar surface area (TPSA) is 75.7 Å². The van der Waals surface area contributed by atoms with Crippen molar-refractivity contribution in [2.75, 3.05) is 23.7 Å². The molecule has 2 aromatic rings. The molecule has 0 aliphatic carbocycles. The van der Waals surface area contributed by atoms with Gasteiger partial charge in [0.2, 0.25) is 15.9 Å². The third kappa shape index (κ3) is 6.27. The maximum absolute atomic E-state index is 13.0. The van der Waals surface area contributed by atoms with E-state index in [2.05, 4.69) is 5.32 Å². The van der Waals surface area contributed by atoms with Gasteiger partial charge in [0.1, 0.15) is 12.3 Å². The Balaban J connectivity index is 2.24. The smallest absolute Gasteiger partial charge is 0.416 e. The lowest BCUT2D eigenvalue weighted by Gasteiger charge is -2.24. The van der Waals surface area contributed by atoms with E-state index >= 15 is 0 Å². The Morgan fingerprint density at radius 3 is 2.47 bits per heavy atom. The predicted octanol–water partition coefficient (Wildman–Crippen LogP) is 3.84. The van der Waals surface area contributed by atoms with Crippen molar-refractivity contribution in [2.24, 2.45) is 0 Å². The lowest BCUT2D eigenvalue weighted by Crippen LogP contribution is -2.40. The highest BCUT2D eigenvalue weighted by Gasteiger charge is 2.33. The largest absolute Gasteiger partial charge is 0.494 e. The molecule has 164 valence electrons. The Bertz CT molecular complexity index is 1010. The van der Waals surface area contributed by atoms with Crippen molar-refractivity contribution in [3.8, 4) is 5.75 Å². The van der Waals surface area contributed by atoms with Crippen molar-refractivity contribution in [1.82, 2.24) is 5.32 Å². The Hall–Kier alpha value is -2.46. The summed E-state index contributed by atoms with van der Waals surface area (Å²) in [4.78, 5) is 12.4. The van der Waals surface area contributed by atoms with Crippen molar-refractivity contribution in [3.05, 3.63) is 58.6 Å². The number of ether oxygens (including phenoxy) is 1. The van der Waals surface area contributed by atoms with E-state index in [0.717, 1.165) is 18.4 Å². The van der Waals surface area contributed by atoms with E-state index in [1.165, 1.54) is 0 Å². The van der Waals surface area contributed by atoms with Gasteiger partial charge in [-0.3, -0.25) is 9.10 Å². The molecule has 2 aromatic carbocycles. The van der Waals surface area contributed by atoms with Crippen LogP contribution in [0.3, 0.4) is 0 Å². The summed E-state index contributed by atoms with van der Waals surface area (Å²) in [6.07, 6.45) is -3.92. The second kappa shape index (κ2) is 9.57. The summed E-state index contributed by atoms with van der Waals surface area (Å²) in [6.45, 7) is 1.53. The number of benzene rings is 2. The molecule has 0 saturated heterocycles. The predicted molar refractivity (Wildman–Crippen MR) is 108 cm³/mol. The van der Waals surface area contributed by atoms with Crippen LogP contribution in [0, 0.1) is 0 Å². The number of sulfonamides is 1. The minimum Gasteiger partial charge on any atom is -0.494 e. The first-order chi connectivity index (χ1) is 13.9. The Morgan fingerprint density at radius 1 is 1.20 bits per heavy atom. The van der Waals surface area contributed by atoms with E-state index in [9.17, 15) is 26.4 Å². The van der Waals surface area contributed by atoms with Crippen LogP contribution in [0.25, 0.3) is 0 Å². The second-order valence-corrected chi connectivity index (χ2v) is 8.57. The van der Waals surface area contributed by atoms with Gasteiger partial charge in [0.25, 0.3) is 0 Å². The first-order valence-electron chi connectivity index (χ1n) is 8.75. The summed E-state index contributed by atoms with van der Waals surface area (Å²) >= 11 is 5.94. The number of rotatable bonds is 8. The average molecular weight is 465 g/mol. The van der Waals surface area contributed by atoms with Crippen molar-refractivity contribution >= 4 is 33.2 Å². The van der Waals surface area contributed by atoms with Gasteiger partial charge in [-0.05, 0) is 31.2 Å². The molecular weight excluding hydrogens is 445 g/mol. The molecule has 0 aliphatic rings. The number of carbonyl (C=O) groups is 1. The number of anilines is 1. The molecule has 6 nitrogen and oxygen atoms in total. The minimum absolute atomic E-state index is 0.0446. The molecule has 30 heavy (non-hydrogen) atoms. The molecule has 0 bridgehead atoms. The van der Waals surface area contributed by atoms with Crippen LogP contribution in [0.15, 0.2) is 42.5 Å². The molecule has 0 heterocycles. The van der Waals surface area contributed by atoms with E-state index < -0.39 is 39.9 Å². The van der Waals surface area contributed by atoms with Crippen LogP contribution in [0.1, 0.15) is 18.1 Å². The van der Waals surface area contributed by atoms with Gasteiger partial charge in [0, 0.05) is 12.1 Å². The molecule has 0 radical (unpaired) electrons. The molecule has 0 spiro atoms. The molecule has 0 aromatic heterocycles. The van der Waals surface area contributed by atoms with Crippen molar-refractivity contribution in [3.63, 3.8) is 0 Å². The fourth-order valence-corrected chi connectivity index (χ4v) is 3.72. The molecule has 2 rings (SSSR count). The number of hydrogen-bond donors (Lipinski definition) is 1. The number of nitrogens with zero attached hydrogens (tertiary/aromatic N) is 1. The quantitative estimate of drug-likeness (QED) is 0.644. The molecule has 11 heteroatoms. The summed E-state index contributed by atoms with van der Waals surface area (Å²) in [5.74, 6) is -0.165. The van der Waals surface area contributed by atoms with Gasteiger partial charge in [0.15, 0.2) is 0 Å². The summed E-state index contributed by atoms with van der Waals surface area (Å²) in [6, 6.07) is 9.22. The summed E-state index contributed by atoms with van der Waals surface area (Å²) < 4.78 is 69.4. The standard InChI is InChI=1S/C19H20ClF3N2O4S/c1-3-29-17-7-5-4-6-13(17)11-24-18(26)12-25(30(2,27)28)16-10-14(19(21,22)23)8-9-15(16)20/h4-10H,3,11-12H2,1-2H3,(H,24,26). The maximum atomic E-state index is 13.0. The van der Waals surface area contributed by atoms with Crippen LogP contribution in [-0.2, 0) is 27.5 Å². The lowest BCUT2D eigenvalue weighted by atomic mass is 10.2. The van der Waals surface area contributed by atoms with Gasteiger partial charge in [-0.2, -0.15) is 13.2 Å². The van der Waals surface area contributed by atoms with Crippen LogP contribution >= 0.6 is 11.6 Å². The van der Waals surface area contributed by atoms with Crippen molar-refractivity contribution < 1.29 is 31.1 Å². The van der Waals surface area contributed by atoms with Crippen LogP contribution in [0.4, 0.5) is 18.9 Å². The molecule has 0 fully saturated rings. The minimum atomic E-state index is -4.70. The molecular formula is C19H20ClF3N2O4S. The fraction of sp³-hybridized carbons (Fsp3) is 0.316. The fourth-order valence-electron chi connectivity index (χ4n) is 2.59. The number of para-hydroxylation sites is 1. The highest BCUT2D eigenvalue weighted by molar-refractivity contribution is 7.92. The second-order valence-electron chi connectivity index (χ2n) is 6.25. The third-order valence-electron chi connectivity index (χ3n) is 3.98. The number of nitrogens with one attached hydrogen (secondary N) is 1. The SMILES string of the molecule is CCOc1ccccc1CNC(=O)CN(c1cc(C(F)(F)F)ccc1Cl)S(C)(=O)=O. The van der Waals surface area contributed by atoms with Crippen molar-refractivity contribution in [1.29, 1.82) is 0 Å². The summed E-state index contributed by atoms with van der Waals surface area (Å²) in [5, 5.41) is 2.31. The van der Waals surface area contributed by atoms with Crippen LogP contribution in [0.2, 0.25) is 5.02 Å². The molecule has 0 aliphatic heterocycles. The molecule has 0 atom stereocenters. The Labute approximate surface area is 177 Å². The molecule has 1 amide bonds. The van der Waals surface area contributed by atoms with Gasteiger partial charge >= 0.3 is 6.18 Å². The number of hydrogen-bond acceptors (Lipinski definition) is 4. The van der Waals surface area contributed by atoms with Crippen molar-refractivity contribution in [2.45, 2.75) is 19.6 Å². The van der Waals surface area contributed by atoms with Gasteiger partial charge in [-0.25, -0.2) is 8.42 Å². The summed E-state index contributed by atoms with van der Waals surface area (Å²) in [5.41, 5.74) is -0.851. The number of amides is 1. The molecule has 0 unspecified atom stereocenters. The van der Waals surface area contributed by atoms with Crippen LogP contribution < -0.4 is 14.4 Å². The van der Waals surface area contributed by atoms with Crippen LogP contribution in [-0.4, -0.2) is 33.7 Å². The van der Waals surface area contributed by atoms with Gasteiger partial charge in [-0.15, -0.1) is 0 Å². The monoisotopic (exact) mass is 464 g/mol. The van der Waals surface area contributed by atoms with E-state index in [1.807, 2.05) is 0 Å². The summed E-state index contributed by atoms with van der Waals surface area (Å²) in [7, 11) is -4.10. The highest BCUT2D eigenvalue weighted by Crippen LogP contribution is 2.36. The first-order valence-corrected chi connectivity index (χ1v) is 11.0. The number of halogens is 4. The van der Waals surface area contributed by atoms with Gasteiger partial charge in [0.05, 0.1) is 29.1 Å².